The molecule has 0 radical (unpaired) electrons. The van der Waals surface area contributed by atoms with Crippen LogP contribution in [0.25, 0.3) is 5.65 Å². The molecule has 5 nitrogen and oxygen atoms in total. The zero-order chi connectivity index (χ0) is 12.4. The summed E-state index contributed by atoms with van der Waals surface area (Å²) in [5, 5.41) is 12.0. The van der Waals surface area contributed by atoms with Gasteiger partial charge in [0.05, 0.1) is 0 Å². The molecule has 2 heterocycles. The molecule has 0 aromatic carbocycles. The molecule has 0 amide bonds. The molecule has 0 saturated heterocycles. The maximum absolute atomic E-state index is 4.41. The van der Waals surface area contributed by atoms with Gasteiger partial charge in [0.25, 0.3) is 0 Å². The Morgan fingerprint density at radius 2 is 2.11 bits per heavy atom. The second-order valence-electron chi connectivity index (χ2n) is 4.92. The van der Waals surface area contributed by atoms with E-state index in [1.807, 2.05) is 16.8 Å². The first kappa shape index (κ1) is 11.4. The van der Waals surface area contributed by atoms with Gasteiger partial charge >= 0.3 is 0 Å². The molecule has 5 heteroatoms. The standard InChI is InChI=1S/C13H19N5/c1-2-11-16-17-13-12(14-8-9-18(11)13)15-10-6-4-3-5-7-10/h8-10H,2-7H2,1H3,(H,14,15). The number of hydrogen-bond acceptors (Lipinski definition) is 4. The Morgan fingerprint density at radius 1 is 1.28 bits per heavy atom. The minimum absolute atomic E-state index is 0.541. The fourth-order valence-corrected chi connectivity index (χ4v) is 2.66. The Kier molecular flexibility index (Phi) is 3.13. The molecule has 0 atom stereocenters. The number of hydrogen-bond donors (Lipinski definition) is 1. The zero-order valence-corrected chi connectivity index (χ0v) is 10.8. The third-order valence-corrected chi connectivity index (χ3v) is 3.66. The van der Waals surface area contributed by atoms with Crippen LogP contribution in [-0.2, 0) is 6.42 Å². The minimum Gasteiger partial charge on any atom is -0.364 e. The number of nitrogens with zero attached hydrogens (tertiary/aromatic N) is 4. The van der Waals surface area contributed by atoms with Crippen molar-refractivity contribution in [2.45, 2.75) is 51.5 Å². The van der Waals surface area contributed by atoms with Gasteiger partial charge in [-0.25, -0.2) is 4.98 Å². The Morgan fingerprint density at radius 3 is 2.89 bits per heavy atom. The van der Waals surface area contributed by atoms with Gasteiger partial charge in [0.15, 0.2) is 5.82 Å². The Balaban J connectivity index is 1.89. The van der Waals surface area contributed by atoms with E-state index in [0.717, 1.165) is 23.7 Å². The first-order chi connectivity index (χ1) is 8.88. The molecular weight excluding hydrogens is 226 g/mol. The van der Waals surface area contributed by atoms with Crippen LogP contribution in [0.2, 0.25) is 0 Å². The van der Waals surface area contributed by atoms with E-state index in [4.69, 9.17) is 0 Å². The summed E-state index contributed by atoms with van der Waals surface area (Å²) in [7, 11) is 0. The van der Waals surface area contributed by atoms with Gasteiger partial charge in [-0.3, -0.25) is 4.40 Å². The van der Waals surface area contributed by atoms with Crippen molar-refractivity contribution in [3.05, 3.63) is 18.2 Å². The van der Waals surface area contributed by atoms with Gasteiger partial charge in [-0.15, -0.1) is 10.2 Å². The van der Waals surface area contributed by atoms with Crippen LogP contribution in [0.15, 0.2) is 12.4 Å². The normalized spacial score (nSPS) is 17.2. The van der Waals surface area contributed by atoms with Crippen LogP contribution in [-0.4, -0.2) is 25.6 Å². The van der Waals surface area contributed by atoms with Crippen molar-refractivity contribution in [2.24, 2.45) is 0 Å². The fourth-order valence-electron chi connectivity index (χ4n) is 2.66. The van der Waals surface area contributed by atoms with Gasteiger partial charge in [0.2, 0.25) is 5.65 Å². The lowest BCUT2D eigenvalue weighted by molar-refractivity contribution is 0.462. The Hall–Kier alpha value is -1.65. The predicted molar refractivity (Wildman–Crippen MR) is 70.7 cm³/mol. The second-order valence-corrected chi connectivity index (χ2v) is 4.92. The summed E-state index contributed by atoms with van der Waals surface area (Å²) < 4.78 is 2.03. The average Bonchev–Trinajstić information content (AvgIpc) is 2.84. The van der Waals surface area contributed by atoms with E-state index in [1.54, 1.807) is 0 Å². The number of aryl methyl sites for hydroxylation is 1. The van der Waals surface area contributed by atoms with E-state index in [2.05, 4.69) is 27.4 Å². The number of anilines is 1. The lowest BCUT2D eigenvalue weighted by Crippen LogP contribution is -2.23. The van der Waals surface area contributed by atoms with Gasteiger partial charge in [0.1, 0.15) is 5.82 Å². The van der Waals surface area contributed by atoms with Gasteiger partial charge in [-0.2, -0.15) is 0 Å². The third-order valence-electron chi connectivity index (χ3n) is 3.66. The van der Waals surface area contributed by atoms with Crippen LogP contribution in [0.1, 0.15) is 44.9 Å². The number of nitrogens with one attached hydrogen (secondary N) is 1. The Bertz CT molecular complexity index is 527. The quantitative estimate of drug-likeness (QED) is 0.902. The molecule has 2 aromatic rings. The van der Waals surface area contributed by atoms with Gasteiger partial charge in [-0.1, -0.05) is 26.2 Å². The van der Waals surface area contributed by atoms with Crippen molar-refractivity contribution >= 4 is 11.5 Å². The molecule has 1 fully saturated rings. The van der Waals surface area contributed by atoms with Crippen LogP contribution in [0.5, 0.6) is 0 Å². The first-order valence-corrected chi connectivity index (χ1v) is 6.83. The molecule has 0 bridgehead atoms. The smallest absolute Gasteiger partial charge is 0.203 e. The Labute approximate surface area is 107 Å². The molecule has 18 heavy (non-hydrogen) atoms. The topological polar surface area (TPSA) is 55.1 Å². The van der Waals surface area contributed by atoms with Gasteiger partial charge in [0, 0.05) is 24.9 Å². The van der Waals surface area contributed by atoms with E-state index >= 15 is 0 Å². The van der Waals surface area contributed by atoms with Crippen molar-refractivity contribution in [2.75, 3.05) is 5.32 Å². The van der Waals surface area contributed by atoms with Crippen molar-refractivity contribution in [1.82, 2.24) is 19.6 Å². The molecule has 96 valence electrons. The molecule has 1 saturated carbocycles. The van der Waals surface area contributed by atoms with E-state index < -0.39 is 0 Å². The van der Waals surface area contributed by atoms with Crippen LogP contribution in [0.4, 0.5) is 5.82 Å². The summed E-state index contributed by atoms with van der Waals surface area (Å²) in [4.78, 5) is 4.41. The van der Waals surface area contributed by atoms with E-state index in [0.29, 0.717) is 6.04 Å². The van der Waals surface area contributed by atoms with Gasteiger partial charge in [-0.05, 0) is 12.8 Å². The van der Waals surface area contributed by atoms with Crippen molar-refractivity contribution in [3.63, 3.8) is 0 Å². The SMILES string of the molecule is CCc1nnc2c(NC3CCCCC3)nccn12. The molecule has 3 rings (SSSR count). The maximum atomic E-state index is 4.41. The summed E-state index contributed by atoms with van der Waals surface area (Å²) >= 11 is 0. The summed E-state index contributed by atoms with van der Waals surface area (Å²) in [6.45, 7) is 2.09. The lowest BCUT2D eigenvalue weighted by Gasteiger charge is -2.23. The average molecular weight is 245 g/mol. The van der Waals surface area contributed by atoms with Crippen LogP contribution >= 0.6 is 0 Å². The highest BCUT2D eigenvalue weighted by molar-refractivity contribution is 5.62. The second kappa shape index (κ2) is 4.92. The highest BCUT2D eigenvalue weighted by atomic mass is 15.3. The van der Waals surface area contributed by atoms with Gasteiger partial charge < -0.3 is 5.32 Å². The first-order valence-electron chi connectivity index (χ1n) is 6.83. The van der Waals surface area contributed by atoms with E-state index in [9.17, 15) is 0 Å². The molecular formula is C13H19N5. The summed E-state index contributed by atoms with van der Waals surface area (Å²) in [5.74, 6) is 1.86. The van der Waals surface area contributed by atoms with Crippen LogP contribution in [0.3, 0.4) is 0 Å². The molecule has 1 N–H and O–H groups in total. The predicted octanol–water partition coefficient (Wildman–Crippen LogP) is 2.43. The number of fused-ring (bicyclic) bond motifs is 1. The molecule has 0 unspecified atom stereocenters. The highest BCUT2D eigenvalue weighted by Gasteiger charge is 2.16. The van der Waals surface area contributed by atoms with E-state index in [1.165, 1.54) is 32.1 Å². The van der Waals surface area contributed by atoms with Crippen molar-refractivity contribution in [1.29, 1.82) is 0 Å². The van der Waals surface area contributed by atoms with Crippen LogP contribution in [0, 0.1) is 0 Å². The molecule has 1 aliphatic carbocycles. The zero-order valence-electron chi connectivity index (χ0n) is 10.8. The highest BCUT2D eigenvalue weighted by Crippen LogP contribution is 2.22. The molecule has 0 aliphatic heterocycles. The number of rotatable bonds is 3. The minimum atomic E-state index is 0.541. The van der Waals surface area contributed by atoms with Crippen LogP contribution < -0.4 is 5.32 Å². The fraction of sp³-hybridized carbons (Fsp3) is 0.615. The summed E-state index contributed by atoms with van der Waals surface area (Å²) in [5.41, 5.74) is 0.847. The molecule has 0 spiro atoms. The lowest BCUT2D eigenvalue weighted by atomic mass is 9.95. The van der Waals surface area contributed by atoms with Crippen molar-refractivity contribution in [3.8, 4) is 0 Å². The molecule has 1 aliphatic rings. The van der Waals surface area contributed by atoms with Crippen molar-refractivity contribution < 1.29 is 0 Å². The molecule has 2 aromatic heterocycles. The largest absolute Gasteiger partial charge is 0.364 e. The summed E-state index contributed by atoms with van der Waals surface area (Å²) in [6.07, 6.45) is 11.1. The maximum Gasteiger partial charge on any atom is 0.203 e. The third kappa shape index (κ3) is 2.05. The monoisotopic (exact) mass is 245 g/mol. The van der Waals surface area contributed by atoms with E-state index in [-0.39, 0.29) is 0 Å². The summed E-state index contributed by atoms with van der Waals surface area (Å²) in [6, 6.07) is 0.541. The number of aromatic nitrogens is 4.